The number of carbonyl (C=O) groups is 3. The van der Waals surface area contributed by atoms with Gasteiger partial charge >= 0.3 is 5.97 Å². The molecule has 1 N–H and O–H groups in total. The Bertz CT molecular complexity index is 1620. The summed E-state index contributed by atoms with van der Waals surface area (Å²) >= 11 is 0. The molecule has 45 heavy (non-hydrogen) atoms. The lowest BCUT2D eigenvalue weighted by molar-refractivity contribution is -0.160. The van der Waals surface area contributed by atoms with Gasteiger partial charge in [-0.05, 0) is 61.1 Å². The van der Waals surface area contributed by atoms with Crippen LogP contribution in [0.4, 0.5) is 5.69 Å². The molecule has 0 radical (unpaired) electrons. The SMILES string of the molecule is C=CCCCOC(=O)[C@@H]1[C@H]2C(=O)N([C@H](CO)c3ccccc3)C(C(=O)N(CC=C)c3ccc4ccccc4c3)C23CC[C@@]1(C)O3. The number of aliphatic hydroxyl groups excluding tert-OH is 1. The third-order valence-corrected chi connectivity index (χ3v) is 9.81. The molecule has 1 spiro atoms. The highest BCUT2D eigenvalue weighted by molar-refractivity contribution is 6.06. The average Bonchev–Trinajstić information content (AvgIpc) is 3.63. The summed E-state index contributed by atoms with van der Waals surface area (Å²) in [6, 6.07) is 21.0. The molecule has 234 valence electrons. The van der Waals surface area contributed by atoms with Crippen molar-refractivity contribution in [2.75, 3.05) is 24.7 Å². The number of esters is 1. The third-order valence-electron chi connectivity index (χ3n) is 9.81. The molecule has 2 bridgehead atoms. The van der Waals surface area contributed by atoms with E-state index in [0.29, 0.717) is 36.9 Å². The first-order valence-electron chi connectivity index (χ1n) is 15.7. The number of benzene rings is 3. The number of carbonyl (C=O) groups excluding carboxylic acids is 3. The van der Waals surface area contributed by atoms with E-state index in [1.807, 2.05) is 79.7 Å². The van der Waals surface area contributed by atoms with Gasteiger partial charge in [0.05, 0.1) is 30.8 Å². The van der Waals surface area contributed by atoms with Crippen molar-refractivity contribution in [3.8, 4) is 0 Å². The van der Waals surface area contributed by atoms with E-state index < -0.39 is 47.7 Å². The second-order valence-corrected chi connectivity index (χ2v) is 12.4. The van der Waals surface area contributed by atoms with Crippen molar-refractivity contribution in [3.63, 3.8) is 0 Å². The smallest absolute Gasteiger partial charge is 0.312 e. The number of likely N-dealkylation sites (tertiary alicyclic amines) is 1. The molecular weight excluding hydrogens is 568 g/mol. The third kappa shape index (κ3) is 5.06. The predicted octanol–water partition coefficient (Wildman–Crippen LogP) is 5.37. The Balaban J connectivity index is 1.45. The first kappa shape index (κ1) is 30.7. The average molecular weight is 609 g/mol. The second kappa shape index (κ2) is 12.3. The van der Waals surface area contributed by atoms with E-state index in [9.17, 15) is 14.7 Å². The normalized spacial score (nSPS) is 27.3. The summed E-state index contributed by atoms with van der Waals surface area (Å²) in [5.41, 5.74) is -0.892. The minimum atomic E-state index is -1.27. The number of ether oxygens (including phenoxy) is 2. The van der Waals surface area contributed by atoms with Gasteiger partial charge in [0.15, 0.2) is 0 Å². The Hall–Kier alpha value is -4.27. The molecule has 0 aliphatic carbocycles. The first-order chi connectivity index (χ1) is 21.8. The largest absolute Gasteiger partial charge is 0.465 e. The summed E-state index contributed by atoms with van der Waals surface area (Å²) in [6.45, 7) is 9.48. The van der Waals surface area contributed by atoms with Crippen LogP contribution in [0.1, 0.15) is 44.2 Å². The van der Waals surface area contributed by atoms with E-state index >= 15 is 4.79 Å². The van der Waals surface area contributed by atoms with Crippen molar-refractivity contribution in [2.45, 2.75) is 55.9 Å². The number of hydrogen-bond acceptors (Lipinski definition) is 6. The summed E-state index contributed by atoms with van der Waals surface area (Å²) in [5, 5.41) is 12.8. The second-order valence-electron chi connectivity index (χ2n) is 12.4. The van der Waals surface area contributed by atoms with Gasteiger partial charge in [0, 0.05) is 12.2 Å². The molecule has 2 amide bonds. The van der Waals surface area contributed by atoms with Crippen LogP contribution in [0.3, 0.4) is 0 Å². The molecule has 2 unspecified atom stereocenters. The number of hydrogen-bond donors (Lipinski definition) is 1. The molecule has 8 nitrogen and oxygen atoms in total. The molecule has 0 saturated carbocycles. The van der Waals surface area contributed by atoms with Gasteiger partial charge in [-0.25, -0.2) is 0 Å². The summed E-state index contributed by atoms with van der Waals surface area (Å²) < 4.78 is 12.5. The quantitative estimate of drug-likeness (QED) is 0.169. The topological polar surface area (TPSA) is 96.4 Å². The van der Waals surface area contributed by atoms with Gasteiger partial charge in [0.2, 0.25) is 5.91 Å². The van der Waals surface area contributed by atoms with E-state index in [1.165, 1.54) is 4.90 Å². The number of allylic oxidation sites excluding steroid dienone is 1. The van der Waals surface area contributed by atoms with Crippen LogP contribution < -0.4 is 4.90 Å². The van der Waals surface area contributed by atoms with E-state index in [2.05, 4.69) is 13.2 Å². The summed E-state index contributed by atoms with van der Waals surface area (Å²) in [6.07, 6.45) is 5.65. The number of fused-ring (bicyclic) bond motifs is 2. The number of rotatable bonds is 12. The molecule has 3 fully saturated rings. The maximum Gasteiger partial charge on any atom is 0.312 e. The Morgan fingerprint density at radius 2 is 1.80 bits per heavy atom. The standard InChI is InChI=1S/C37H40N2O6/c1-4-6-12-22-44-35(43)31-30-33(41)39(29(24-40)26-14-8-7-9-15-26)32(37(30)20-19-36(31,3)45-37)34(42)38(21-5-2)28-18-17-25-13-10-11-16-27(25)23-28/h4-5,7-11,13-18,23,29-32,40H,1-2,6,12,19-22,24H2,3H3/t29-,30+,31+,32?,36-,37?/m1/s1. The maximum absolute atomic E-state index is 15.0. The van der Waals surface area contributed by atoms with Crippen LogP contribution in [-0.4, -0.2) is 64.8 Å². The fourth-order valence-corrected chi connectivity index (χ4v) is 7.80. The highest BCUT2D eigenvalue weighted by Gasteiger charge is 2.79. The molecule has 3 saturated heterocycles. The zero-order chi connectivity index (χ0) is 31.8. The van der Waals surface area contributed by atoms with Gasteiger partial charge in [0.1, 0.15) is 17.6 Å². The first-order valence-corrected chi connectivity index (χ1v) is 15.7. The Morgan fingerprint density at radius 3 is 2.51 bits per heavy atom. The van der Waals surface area contributed by atoms with Gasteiger partial charge in [-0.2, -0.15) is 0 Å². The molecule has 3 aliphatic rings. The number of anilines is 1. The molecule has 3 heterocycles. The summed E-state index contributed by atoms with van der Waals surface area (Å²) in [5.74, 6) is -3.04. The lowest BCUT2D eigenvalue weighted by Gasteiger charge is -2.39. The van der Waals surface area contributed by atoms with E-state index in [1.54, 1.807) is 17.1 Å². The number of nitrogens with zero attached hydrogens (tertiary/aromatic N) is 2. The van der Waals surface area contributed by atoms with Gasteiger partial charge < -0.3 is 24.4 Å². The fraction of sp³-hybridized carbons (Fsp3) is 0.378. The van der Waals surface area contributed by atoms with Crippen LogP contribution in [-0.2, 0) is 23.9 Å². The number of unbranched alkanes of at least 4 members (excludes halogenated alkanes) is 1. The van der Waals surface area contributed by atoms with Crippen molar-refractivity contribution in [1.82, 2.24) is 4.90 Å². The van der Waals surface area contributed by atoms with Crippen LogP contribution in [0.5, 0.6) is 0 Å². The molecule has 3 aliphatic heterocycles. The Morgan fingerprint density at radius 1 is 1.07 bits per heavy atom. The summed E-state index contributed by atoms with van der Waals surface area (Å²) in [7, 11) is 0. The molecule has 3 aromatic rings. The molecule has 8 heteroatoms. The highest BCUT2D eigenvalue weighted by Crippen LogP contribution is 2.64. The lowest BCUT2D eigenvalue weighted by Crippen LogP contribution is -2.57. The molecule has 3 aromatic carbocycles. The van der Waals surface area contributed by atoms with Gasteiger partial charge in [-0.1, -0.05) is 72.8 Å². The monoisotopic (exact) mass is 608 g/mol. The summed E-state index contributed by atoms with van der Waals surface area (Å²) in [4.78, 5) is 46.6. The number of aliphatic hydroxyl groups is 1. The van der Waals surface area contributed by atoms with Crippen LogP contribution in [0.25, 0.3) is 10.8 Å². The Kier molecular flexibility index (Phi) is 8.37. The lowest BCUT2D eigenvalue weighted by atomic mass is 9.66. The predicted molar refractivity (Wildman–Crippen MR) is 172 cm³/mol. The van der Waals surface area contributed by atoms with E-state index in [-0.39, 0.29) is 25.0 Å². The van der Waals surface area contributed by atoms with Crippen LogP contribution >= 0.6 is 0 Å². The fourth-order valence-electron chi connectivity index (χ4n) is 7.80. The van der Waals surface area contributed by atoms with E-state index in [0.717, 1.165) is 10.8 Å². The highest BCUT2D eigenvalue weighted by atomic mass is 16.6. The van der Waals surface area contributed by atoms with Crippen molar-refractivity contribution >= 4 is 34.2 Å². The van der Waals surface area contributed by atoms with Crippen molar-refractivity contribution in [3.05, 3.63) is 104 Å². The van der Waals surface area contributed by atoms with Crippen molar-refractivity contribution in [1.29, 1.82) is 0 Å². The molecule has 6 atom stereocenters. The van der Waals surface area contributed by atoms with E-state index in [4.69, 9.17) is 9.47 Å². The molecular formula is C37H40N2O6. The van der Waals surface area contributed by atoms with Gasteiger partial charge in [0.25, 0.3) is 5.91 Å². The maximum atomic E-state index is 15.0. The van der Waals surface area contributed by atoms with Crippen LogP contribution in [0.15, 0.2) is 98.1 Å². The molecule has 0 aromatic heterocycles. The van der Waals surface area contributed by atoms with Crippen molar-refractivity contribution < 1.29 is 29.0 Å². The van der Waals surface area contributed by atoms with Crippen molar-refractivity contribution in [2.24, 2.45) is 11.8 Å². The number of amides is 2. The zero-order valence-corrected chi connectivity index (χ0v) is 25.6. The van der Waals surface area contributed by atoms with Gasteiger partial charge in [-0.3, -0.25) is 14.4 Å². The zero-order valence-electron chi connectivity index (χ0n) is 25.6. The minimum Gasteiger partial charge on any atom is -0.465 e. The van der Waals surface area contributed by atoms with Crippen LogP contribution in [0.2, 0.25) is 0 Å². The Labute approximate surface area is 263 Å². The van der Waals surface area contributed by atoms with Crippen LogP contribution in [0, 0.1) is 11.8 Å². The minimum absolute atomic E-state index is 0.192. The van der Waals surface area contributed by atoms with Gasteiger partial charge in [-0.15, -0.1) is 13.2 Å². The molecule has 6 rings (SSSR count).